The van der Waals surface area contributed by atoms with E-state index in [1.54, 1.807) is 7.11 Å². The first kappa shape index (κ1) is 16.4. The molecule has 4 heteroatoms. The molecule has 0 aromatic heterocycles. The zero-order valence-electron chi connectivity index (χ0n) is 13.4. The predicted octanol–water partition coefficient (Wildman–Crippen LogP) is 5.37. The van der Waals surface area contributed by atoms with E-state index in [2.05, 4.69) is 22.7 Å². The van der Waals surface area contributed by atoms with Crippen LogP contribution >= 0.6 is 11.6 Å². The number of hydrogen-bond acceptors (Lipinski definition) is 3. The van der Waals surface area contributed by atoms with Crippen molar-refractivity contribution in [3.8, 4) is 16.9 Å². The van der Waals surface area contributed by atoms with E-state index >= 15 is 0 Å². The Balaban J connectivity index is 2.34. The van der Waals surface area contributed by atoms with Gasteiger partial charge in [-0.25, -0.2) is 0 Å². The van der Waals surface area contributed by atoms with Crippen LogP contribution in [-0.2, 0) is 0 Å². The Morgan fingerprint density at radius 2 is 1.73 bits per heavy atom. The fraction of sp³-hybridized carbons (Fsp3) is 0.278. The molecule has 0 radical (unpaired) electrons. The van der Waals surface area contributed by atoms with Crippen LogP contribution in [0.1, 0.15) is 20.8 Å². The molecule has 1 N–H and O–H groups in total. The summed E-state index contributed by atoms with van der Waals surface area (Å²) in [5.74, 6) is 0.724. The van der Waals surface area contributed by atoms with Crippen LogP contribution < -0.4 is 10.2 Å². The van der Waals surface area contributed by atoms with Crippen LogP contribution in [-0.4, -0.2) is 12.3 Å². The molecule has 0 saturated carbocycles. The summed E-state index contributed by atoms with van der Waals surface area (Å²) in [6.45, 7) is 6.04. The quantitative estimate of drug-likeness (QED) is 0.607. The Bertz CT molecular complexity index is 661. The highest BCUT2D eigenvalue weighted by molar-refractivity contribution is 6.66. The van der Waals surface area contributed by atoms with E-state index in [9.17, 15) is 0 Å². The third-order valence-electron chi connectivity index (χ3n) is 3.20. The predicted molar refractivity (Wildman–Crippen MR) is 94.8 cm³/mol. The molecule has 2 aromatic carbocycles. The van der Waals surface area contributed by atoms with Crippen LogP contribution in [0.4, 0.5) is 5.69 Å². The number of hydrogen-bond donors (Lipinski definition) is 1. The lowest BCUT2D eigenvalue weighted by molar-refractivity contribution is 0.416. The van der Waals surface area contributed by atoms with Gasteiger partial charge in [0.05, 0.1) is 12.8 Å². The lowest BCUT2D eigenvalue weighted by atomic mass is 9.99. The molecule has 0 spiro atoms. The summed E-state index contributed by atoms with van der Waals surface area (Å²) >= 11 is 6.21. The Hall–Kier alpha value is -2.00. The topological polar surface area (TPSA) is 33.6 Å². The van der Waals surface area contributed by atoms with Gasteiger partial charge in [-0.1, -0.05) is 68.8 Å². The largest absolute Gasteiger partial charge is 0.495 e. The van der Waals surface area contributed by atoms with E-state index in [1.807, 2.05) is 57.2 Å². The fourth-order valence-electron chi connectivity index (χ4n) is 1.88. The smallest absolute Gasteiger partial charge is 0.143 e. The molecule has 0 saturated heterocycles. The van der Waals surface area contributed by atoms with Crippen molar-refractivity contribution in [3.63, 3.8) is 0 Å². The van der Waals surface area contributed by atoms with Gasteiger partial charge in [-0.2, -0.15) is 5.10 Å². The summed E-state index contributed by atoms with van der Waals surface area (Å²) in [5, 5.41) is 4.77. The molecule has 0 aliphatic carbocycles. The van der Waals surface area contributed by atoms with Crippen molar-refractivity contribution in [2.45, 2.75) is 20.8 Å². The van der Waals surface area contributed by atoms with Gasteiger partial charge in [0.15, 0.2) is 0 Å². The number of hydrazone groups is 1. The minimum atomic E-state index is -0.196. The maximum Gasteiger partial charge on any atom is 0.143 e. The number of halogens is 1. The first-order valence-electron chi connectivity index (χ1n) is 7.15. The molecule has 0 unspecified atom stereocenters. The Morgan fingerprint density at radius 3 is 2.32 bits per heavy atom. The zero-order valence-corrected chi connectivity index (χ0v) is 14.1. The van der Waals surface area contributed by atoms with Crippen LogP contribution in [0, 0.1) is 5.41 Å². The molecular formula is C18H21ClN2O. The number of nitrogens with zero attached hydrogens (tertiary/aromatic N) is 1. The molecular weight excluding hydrogens is 296 g/mol. The number of methoxy groups -OCH3 is 1. The van der Waals surface area contributed by atoms with Crippen LogP contribution in [0.25, 0.3) is 11.1 Å². The molecule has 0 fully saturated rings. The summed E-state index contributed by atoms with van der Waals surface area (Å²) in [4.78, 5) is 0. The second-order valence-electron chi connectivity index (χ2n) is 6.05. The molecule has 0 heterocycles. The highest BCUT2D eigenvalue weighted by Gasteiger charge is 2.17. The fourth-order valence-corrected chi connectivity index (χ4v) is 1.92. The first-order valence-corrected chi connectivity index (χ1v) is 7.53. The van der Waals surface area contributed by atoms with Gasteiger partial charge < -0.3 is 4.74 Å². The molecule has 22 heavy (non-hydrogen) atoms. The van der Waals surface area contributed by atoms with E-state index in [0.29, 0.717) is 5.17 Å². The van der Waals surface area contributed by atoms with Gasteiger partial charge in [-0.05, 0) is 23.3 Å². The van der Waals surface area contributed by atoms with Crippen molar-refractivity contribution in [1.82, 2.24) is 0 Å². The molecule has 0 amide bonds. The van der Waals surface area contributed by atoms with Crippen molar-refractivity contribution in [1.29, 1.82) is 0 Å². The van der Waals surface area contributed by atoms with Gasteiger partial charge >= 0.3 is 0 Å². The standard InChI is InChI=1S/C18H21ClN2O/c1-18(2,3)17(19)21-20-15-12-14(10-11-16(15)22-4)13-8-6-5-7-9-13/h5-12,20H,1-4H3/b21-17-. The second kappa shape index (κ2) is 6.84. The summed E-state index contributed by atoms with van der Waals surface area (Å²) in [7, 11) is 1.64. The first-order chi connectivity index (χ1) is 10.4. The van der Waals surface area contributed by atoms with E-state index in [0.717, 1.165) is 22.6 Å². The Kier molecular flexibility index (Phi) is 5.09. The van der Waals surface area contributed by atoms with Crippen molar-refractivity contribution in [3.05, 3.63) is 48.5 Å². The average molecular weight is 317 g/mol. The van der Waals surface area contributed by atoms with Crippen LogP contribution in [0.5, 0.6) is 5.75 Å². The van der Waals surface area contributed by atoms with Crippen LogP contribution in [0.3, 0.4) is 0 Å². The molecule has 3 nitrogen and oxygen atoms in total. The van der Waals surface area contributed by atoms with Gasteiger partial charge in [-0.15, -0.1) is 0 Å². The maximum absolute atomic E-state index is 6.21. The minimum Gasteiger partial charge on any atom is -0.495 e. The van der Waals surface area contributed by atoms with Crippen molar-refractivity contribution in [2.24, 2.45) is 10.5 Å². The zero-order chi connectivity index (χ0) is 16.2. The number of ether oxygens (including phenoxy) is 1. The van der Waals surface area contributed by atoms with Gasteiger partial charge in [0.25, 0.3) is 0 Å². The van der Waals surface area contributed by atoms with Crippen molar-refractivity contribution >= 4 is 22.5 Å². The van der Waals surface area contributed by atoms with E-state index in [1.165, 1.54) is 0 Å². The molecule has 116 valence electrons. The normalized spacial score (nSPS) is 12.1. The number of benzene rings is 2. The molecule has 0 atom stereocenters. The second-order valence-corrected chi connectivity index (χ2v) is 6.40. The van der Waals surface area contributed by atoms with E-state index in [4.69, 9.17) is 16.3 Å². The summed E-state index contributed by atoms with van der Waals surface area (Å²) in [5.41, 5.74) is 5.83. The van der Waals surface area contributed by atoms with Gasteiger partial charge in [0.1, 0.15) is 10.9 Å². The highest BCUT2D eigenvalue weighted by atomic mass is 35.5. The number of nitrogens with one attached hydrogen (secondary N) is 1. The third kappa shape index (κ3) is 4.01. The molecule has 0 aliphatic heterocycles. The molecule has 0 aliphatic rings. The summed E-state index contributed by atoms with van der Waals surface area (Å²) in [6, 6.07) is 16.1. The van der Waals surface area contributed by atoms with Gasteiger partial charge in [0.2, 0.25) is 0 Å². The van der Waals surface area contributed by atoms with Crippen LogP contribution in [0.2, 0.25) is 0 Å². The lowest BCUT2D eigenvalue weighted by Crippen LogP contribution is -2.15. The molecule has 2 rings (SSSR count). The molecule has 2 aromatic rings. The maximum atomic E-state index is 6.21. The SMILES string of the molecule is COc1ccc(-c2ccccc2)cc1N/N=C(\Cl)C(C)(C)C. The monoisotopic (exact) mass is 316 g/mol. The Labute approximate surface area is 137 Å². The third-order valence-corrected chi connectivity index (χ3v) is 3.85. The summed E-state index contributed by atoms with van der Waals surface area (Å²) in [6.07, 6.45) is 0. The molecule has 0 bridgehead atoms. The van der Waals surface area contributed by atoms with Crippen molar-refractivity contribution < 1.29 is 4.74 Å². The van der Waals surface area contributed by atoms with Crippen molar-refractivity contribution in [2.75, 3.05) is 12.5 Å². The van der Waals surface area contributed by atoms with E-state index < -0.39 is 0 Å². The van der Waals surface area contributed by atoms with E-state index in [-0.39, 0.29) is 5.41 Å². The average Bonchev–Trinajstić information content (AvgIpc) is 2.52. The minimum absolute atomic E-state index is 0.196. The highest BCUT2D eigenvalue weighted by Crippen LogP contribution is 2.31. The van der Waals surface area contributed by atoms with Gasteiger partial charge in [0, 0.05) is 5.41 Å². The number of rotatable bonds is 4. The lowest BCUT2D eigenvalue weighted by Gasteiger charge is -2.16. The summed E-state index contributed by atoms with van der Waals surface area (Å²) < 4.78 is 5.38. The van der Waals surface area contributed by atoms with Gasteiger partial charge in [-0.3, -0.25) is 5.43 Å². The van der Waals surface area contributed by atoms with Crippen LogP contribution in [0.15, 0.2) is 53.6 Å². The number of anilines is 1. The Morgan fingerprint density at radius 1 is 1.05 bits per heavy atom.